The van der Waals surface area contributed by atoms with Crippen LogP contribution >= 0.6 is 0 Å². The molecule has 0 aliphatic carbocycles. The van der Waals surface area contributed by atoms with Gasteiger partial charge in [-0.25, -0.2) is 17.2 Å². The lowest BCUT2D eigenvalue weighted by Gasteiger charge is -2.12. The van der Waals surface area contributed by atoms with E-state index >= 15 is 0 Å². The van der Waals surface area contributed by atoms with Gasteiger partial charge in [-0.15, -0.1) is 0 Å². The monoisotopic (exact) mass is 372 g/mol. The van der Waals surface area contributed by atoms with Crippen LogP contribution in [-0.2, 0) is 9.84 Å². The summed E-state index contributed by atoms with van der Waals surface area (Å²) in [5.41, 5.74) is -0.161. The van der Waals surface area contributed by atoms with Crippen LogP contribution in [0.25, 0.3) is 0 Å². The van der Waals surface area contributed by atoms with Crippen LogP contribution < -0.4 is 10.1 Å². The Morgan fingerprint density at radius 1 is 1.16 bits per heavy atom. The van der Waals surface area contributed by atoms with E-state index in [4.69, 9.17) is 4.74 Å². The molecule has 0 bridgehead atoms. The van der Waals surface area contributed by atoms with E-state index in [0.29, 0.717) is 0 Å². The molecule has 2 aromatic carbocycles. The highest BCUT2D eigenvalue weighted by atomic mass is 32.2. The summed E-state index contributed by atoms with van der Waals surface area (Å²) in [4.78, 5) is 9.87. The Morgan fingerprint density at radius 3 is 2.48 bits per heavy atom. The van der Waals surface area contributed by atoms with Gasteiger partial charge in [0.05, 0.1) is 15.5 Å². The molecular formula is C15H14F2N2O5S. The normalized spacial score (nSPS) is 11.2. The number of anilines is 1. The van der Waals surface area contributed by atoms with Crippen LogP contribution in [0.3, 0.4) is 0 Å². The van der Waals surface area contributed by atoms with E-state index in [1.807, 2.05) is 0 Å². The van der Waals surface area contributed by atoms with Gasteiger partial charge in [-0.1, -0.05) is 0 Å². The van der Waals surface area contributed by atoms with Crippen LogP contribution in [0, 0.1) is 21.7 Å². The van der Waals surface area contributed by atoms with Gasteiger partial charge in [0.2, 0.25) is 0 Å². The fraction of sp³-hybridized carbons (Fsp3) is 0.200. The predicted octanol–water partition coefficient (Wildman–Crippen LogP) is 2.77. The average Bonchev–Trinajstić information content (AvgIpc) is 2.53. The fourth-order valence-corrected chi connectivity index (χ4v) is 2.87. The number of benzene rings is 2. The lowest BCUT2D eigenvalue weighted by molar-refractivity contribution is -0.385. The van der Waals surface area contributed by atoms with E-state index in [1.165, 1.54) is 18.2 Å². The summed E-state index contributed by atoms with van der Waals surface area (Å²) in [6.45, 7) is 0.171. The third-order valence-electron chi connectivity index (χ3n) is 3.15. The maximum absolute atomic E-state index is 13.0. The molecule has 0 spiro atoms. The summed E-state index contributed by atoms with van der Waals surface area (Å²) in [5, 5.41) is 13.6. The minimum Gasteiger partial charge on any atom is -0.492 e. The van der Waals surface area contributed by atoms with Crippen molar-refractivity contribution >= 4 is 21.2 Å². The second-order valence-corrected chi connectivity index (χ2v) is 7.05. The van der Waals surface area contributed by atoms with Crippen molar-refractivity contribution in [2.75, 3.05) is 24.7 Å². The first-order valence-corrected chi connectivity index (χ1v) is 8.88. The Labute approximate surface area is 142 Å². The van der Waals surface area contributed by atoms with Crippen LogP contribution in [0.5, 0.6) is 5.75 Å². The number of nitro groups is 1. The molecule has 0 saturated carbocycles. The molecule has 0 aliphatic heterocycles. The van der Waals surface area contributed by atoms with Crippen molar-refractivity contribution in [3.05, 3.63) is 58.1 Å². The minimum atomic E-state index is -3.69. The molecule has 134 valence electrons. The van der Waals surface area contributed by atoms with E-state index in [-0.39, 0.29) is 35.2 Å². The fourth-order valence-electron chi connectivity index (χ4n) is 2.00. The molecule has 2 aromatic rings. The number of nitrogens with one attached hydrogen (secondary N) is 1. The van der Waals surface area contributed by atoms with Gasteiger partial charge in [0.25, 0.3) is 5.69 Å². The zero-order chi connectivity index (χ0) is 18.6. The molecule has 0 aromatic heterocycles. The number of non-ortho nitro benzene ring substituents is 1. The number of ether oxygens (including phenoxy) is 1. The van der Waals surface area contributed by atoms with Crippen molar-refractivity contribution in [3.8, 4) is 5.75 Å². The number of nitro benzene ring substituents is 1. The lowest BCUT2D eigenvalue weighted by Crippen LogP contribution is -2.14. The predicted molar refractivity (Wildman–Crippen MR) is 86.5 cm³/mol. The first kappa shape index (κ1) is 18.6. The molecule has 0 unspecified atom stereocenters. The van der Waals surface area contributed by atoms with Crippen molar-refractivity contribution in [2.24, 2.45) is 0 Å². The van der Waals surface area contributed by atoms with Crippen LogP contribution in [0.1, 0.15) is 0 Å². The largest absolute Gasteiger partial charge is 0.492 e. The smallest absolute Gasteiger partial charge is 0.270 e. The number of hydrogen-bond acceptors (Lipinski definition) is 6. The van der Waals surface area contributed by atoms with Crippen LogP contribution in [0.15, 0.2) is 41.3 Å². The number of sulfone groups is 1. The van der Waals surface area contributed by atoms with Crippen molar-refractivity contribution in [1.82, 2.24) is 0 Å². The third kappa shape index (κ3) is 4.86. The van der Waals surface area contributed by atoms with Gasteiger partial charge in [0.1, 0.15) is 12.4 Å². The molecule has 2 rings (SSSR count). The van der Waals surface area contributed by atoms with Gasteiger partial charge in [-0.05, 0) is 18.2 Å². The lowest BCUT2D eigenvalue weighted by atomic mass is 10.3. The molecule has 7 nitrogen and oxygen atoms in total. The van der Waals surface area contributed by atoms with Gasteiger partial charge in [-0.3, -0.25) is 10.1 Å². The number of nitrogens with zero attached hydrogens (tertiary/aromatic N) is 1. The molecule has 0 fully saturated rings. The summed E-state index contributed by atoms with van der Waals surface area (Å²) < 4.78 is 54.6. The Balaban J connectivity index is 2.05. The summed E-state index contributed by atoms with van der Waals surface area (Å²) in [7, 11) is -3.69. The Hall–Kier alpha value is -2.75. The molecule has 1 N–H and O–H groups in total. The molecule has 0 aliphatic rings. The highest BCUT2D eigenvalue weighted by Crippen LogP contribution is 2.26. The second kappa shape index (κ2) is 7.43. The Kier molecular flexibility index (Phi) is 5.52. The number of hydrogen-bond donors (Lipinski definition) is 1. The molecule has 0 radical (unpaired) electrons. The standard InChI is InChI=1S/C15H14F2N2O5S/c1-25(22,23)15-8-10(19(20)21)2-5-14(15)18-6-7-24-11-3-4-12(16)13(17)9-11/h2-5,8-9,18H,6-7H2,1H3. The van der Waals surface area contributed by atoms with Crippen LogP contribution in [0.4, 0.5) is 20.2 Å². The molecule has 0 saturated heterocycles. The molecule has 0 amide bonds. The highest BCUT2D eigenvalue weighted by molar-refractivity contribution is 7.90. The van der Waals surface area contributed by atoms with E-state index < -0.39 is 26.4 Å². The van der Waals surface area contributed by atoms with E-state index in [0.717, 1.165) is 24.5 Å². The van der Waals surface area contributed by atoms with Crippen molar-refractivity contribution in [3.63, 3.8) is 0 Å². The summed E-state index contributed by atoms with van der Waals surface area (Å²) in [5.74, 6) is -1.91. The second-order valence-electron chi connectivity index (χ2n) is 5.06. The number of halogens is 2. The summed E-state index contributed by atoms with van der Waals surface area (Å²) in [6.07, 6.45) is 0.940. The van der Waals surface area contributed by atoms with Gasteiger partial charge in [0, 0.05) is 31.0 Å². The van der Waals surface area contributed by atoms with Crippen LogP contribution in [-0.4, -0.2) is 32.7 Å². The van der Waals surface area contributed by atoms with E-state index in [9.17, 15) is 27.3 Å². The summed E-state index contributed by atoms with van der Waals surface area (Å²) in [6, 6.07) is 6.50. The summed E-state index contributed by atoms with van der Waals surface area (Å²) >= 11 is 0. The van der Waals surface area contributed by atoms with E-state index in [1.54, 1.807) is 0 Å². The molecule has 25 heavy (non-hydrogen) atoms. The zero-order valence-electron chi connectivity index (χ0n) is 13.0. The quantitative estimate of drug-likeness (QED) is 0.456. The van der Waals surface area contributed by atoms with Gasteiger partial charge >= 0.3 is 0 Å². The maximum atomic E-state index is 13.0. The zero-order valence-corrected chi connectivity index (χ0v) is 13.8. The first-order chi connectivity index (χ1) is 11.7. The SMILES string of the molecule is CS(=O)(=O)c1cc([N+](=O)[O-])ccc1NCCOc1ccc(F)c(F)c1. The third-order valence-corrected chi connectivity index (χ3v) is 4.29. The average molecular weight is 372 g/mol. The Bertz CT molecular complexity index is 903. The maximum Gasteiger partial charge on any atom is 0.270 e. The highest BCUT2D eigenvalue weighted by Gasteiger charge is 2.18. The minimum absolute atomic E-state index is 0.0330. The van der Waals surface area contributed by atoms with Crippen LogP contribution in [0.2, 0.25) is 0 Å². The topological polar surface area (TPSA) is 98.5 Å². The molecule has 0 heterocycles. The van der Waals surface area contributed by atoms with Crippen molar-refractivity contribution in [1.29, 1.82) is 0 Å². The van der Waals surface area contributed by atoms with Crippen molar-refractivity contribution in [2.45, 2.75) is 4.90 Å². The van der Waals surface area contributed by atoms with Crippen molar-refractivity contribution < 1.29 is 26.9 Å². The molecule has 10 heteroatoms. The van der Waals surface area contributed by atoms with Gasteiger partial charge < -0.3 is 10.1 Å². The number of rotatable bonds is 7. The van der Waals surface area contributed by atoms with Gasteiger partial charge in [-0.2, -0.15) is 0 Å². The molecular weight excluding hydrogens is 358 g/mol. The Morgan fingerprint density at radius 2 is 1.88 bits per heavy atom. The first-order valence-electron chi connectivity index (χ1n) is 6.98. The molecule has 0 atom stereocenters. The van der Waals surface area contributed by atoms with Gasteiger partial charge in [0.15, 0.2) is 21.5 Å². The van der Waals surface area contributed by atoms with E-state index in [2.05, 4.69) is 5.32 Å².